The molecule has 190 valence electrons. The van der Waals surface area contributed by atoms with Crippen LogP contribution in [0.4, 0.5) is 11.4 Å². The summed E-state index contributed by atoms with van der Waals surface area (Å²) in [5, 5.41) is 19.7. The maximum atomic E-state index is 12.9. The highest BCUT2D eigenvalue weighted by Crippen LogP contribution is 2.30. The molecule has 2 fully saturated rings. The van der Waals surface area contributed by atoms with Gasteiger partial charge in [-0.15, -0.1) is 0 Å². The van der Waals surface area contributed by atoms with Crippen LogP contribution in [0.2, 0.25) is 0 Å². The molecule has 2 aromatic rings. The molecule has 2 aliphatic heterocycles. The second-order valence-corrected chi connectivity index (χ2v) is 10.1. The number of amides is 1. The van der Waals surface area contributed by atoms with Crippen LogP contribution in [-0.2, 0) is 0 Å². The maximum Gasteiger partial charge on any atom is 0.271 e. The number of dihydropyridines is 1. The number of benzene rings is 1. The molecule has 1 amide bonds. The Morgan fingerprint density at radius 2 is 1.83 bits per heavy atom. The van der Waals surface area contributed by atoms with E-state index in [1.165, 1.54) is 19.3 Å². The van der Waals surface area contributed by atoms with E-state index < -0.39 is 0 Å². The summed E-state index contributed by atoms with van der Waals surface area (Å²) in [6.07, 6.45) is 15.2. The highest BCUT2D eigenvalue weighted by atomic mass is 16.3. The lowest BCUT2D eigenvalue weighted by Gasteiger charge is -2.34. The predicted octanol–water partition coefficient (Wildman–Crippen LogP) is 3.34. The Morgan fingerprint density at radius 1 is 1.08 bits per heavy atom. The summed E-state index contributed by atoms with van der Waals surface area (Å²) in [7, 11) is 0. The van der Waals surface area contributed by atoms with Gasteiger partial charge in [0.05, 0.1) is 12.8 Å². The molecule has 5 rings (SSSR count). The third kappa shape index (κ3) is 5.39. The number of hydrogen-bond donors (Lipinski definition) is 5. The fourth-order valence-corrected chi connectivity index (χ4v) is 5.42. The minimum absolute atomic E-state index is 0.103. The lowest BCUT2D eigenvalue weighted by atomic mass is 9.98. The first-order valence-corrected chi connectivity index (χ1v) is 13.0. The van der Waals surface area contributed by atoms with Gasteiger partial charge in [0.15, 0.2) is 0 Å². The zero-order valence-electron chi connectivity index (χ0n) is 20.6. The Morgan fingerprint density at radius 3 is 2.56 bits per heavy atom. The number of H-pyrrole nitrogens is 1. The standard InChI is InChI=1S/C28H35N5O3/c34-19-28(13-2-3-14-28)32-25-8-6-7-23(30-25)21-17-24(27(36)29-18-21)31-26(35)20-9-11-22(12-10-20)33-15-4-1-5-16-33/h6-12,17-18,25,30,32,34H,1-5,13-16,19H2,(H,29,36)(H,31,35). The van der Waals surface area contributed by atoms with Crippen LogP contribution in [0.3, 0.4) is 0 Å². The van der Waals surface area contributed by atoms with Gasteiger partial charge in [-0.1, -0.05) is 18.9 Å². The van der Waals surface area contributed by atoms with Crippen LogP contribution in [0.25, 0.3) is 5.70 Å². The van der Waals surface area contributed by atoms with E-state index in [1.54, 1.807) is 12.3 Å². The van der Waals surface area contributed by atoms with Crippen molar-refractivity contribution < 1.29 is 9.90 Å². The summed E-state index contributed by atoms with van der Waals surface area (Å²) in [4.78, 5) is 30.5. The summed E-state index contributed by atoms with van der Waals surface area (Å²) >= 11 is 0. The quantitative estimate of drug-likeness (QED) is 0.408. The van der Waals surface area contributed by atoms with Crippen LogP contribution in [0, 0.1) is 0 Å². The minimum atomic E-state index is -0.358. The van der Waals surface area contributed by atoms with E-state index in [0.717, 1.165) is 55.7 Å². The SMILES string of the molecule is O=C(Nc1cc(C2=CC=CC(NC3(CO)CCCC3)N2)c[nH]c1=O)c1ccc(N2CCCCC2)cc1. The lowest BCUT2D eigenvalue weighted by Crippen LogP contribution is -2.55. The van der Waals surface area contributed by atoms with Gasteiger partial charge in [0, 0.05) is 47.3 Å². The number of nitrogens with one attached hydrogen (secondary N) is 4. The van der Waals surface area contributed by atoms with E-state index in [4.69, 9.17) is 0 Å². The number of nitrogens with zero attached hydrogens (tertiary/aromatic N) is 1. The van der Waals surface area contributed by atoms with Gasteiger partial charge in [0.25, 0.3) is 11.5 Å². The number of pyridine rings is 1. The van der Waals surface area contributed by atoms with Crippen molar-refractivity contribution in [2.24, 2.45) is 0 Å². The second-order valence-electron chi connectivity index (χ2n) is 10.1. The molecular formula is C28H35N5O3. The maximum absolute atomic E-state index is 12.9. The van der Waals surface area contributed by atoms with Crippen molar-refractivity contribution in [3.63, 3.8) is 0 Å². The third-order valence-electron chi connectivity index (χ3n) is 7.52. The number of aromatic nitrogens is 1. The van der Waals surface area contributed by atoms with E-state index in [9.17, 15) is 14.7 Å². The number of carbonyl (C=O) groups excluding carboxylic acids is 1. The molecule has 1 aromatic heterocycles. The van der Waals surface area contributed by atoms with Crippen LogP contribution in [0.1, 0.15) is 60.9 Å². The molecule has 3 aliphatic rings. The summed E-state index contributed by atoms with van der Waals surface area (Å²) in [6, 6.07) is 9.25. The Bertz CT molecular complexity index is 1190. The average Bonchev–Trinajstić information content (AvgIpc) is 3.39. The fraction of sp³-hybridized carbons (Fsp3) is 0.429. The average molecular weight is 490 g/mol. The molecule has 0 spiro atoms. The van der Waals surface area contributed by atoms with Crippen LogP contribution < -0.4 is 26.4 Å². The number of rotatable bonds is 7. The van der Waals surface area contributed by atoms with Gasteiger partial charge >= 0.3 is 0 Å². The topological polar surface area (TPSA) is 109 Å². The van der Waals surface area contributed by atoms with Gasteiger partial charge in [0.2, 0.25) is 0 Å². The minimum Gasteiger partial charge on any atom is -0.394 e. The molecule has 0 bridgehead atoms. The fourth-order valence-electron chi connectivity index (χ4n) is 5.42. The Hall–Kier alpha value is -3.36. The molecule has 1 atom stereocenters. The van der Waals surface area contributed by atoms with Crippen molar-refractivity contribution in [1.82, 2.24) is 15.6 Å². The van der Waals surface area contributed by atoms with Gasteiger partial charge < -0.3 is 25.6 Å². The van der Waals surface area contributed by atoms with E-state index in [-0.39, 0.29) is 35.5 Å². The summed E-state index contributed by atoms with van der Waals surface area (Å²) in [6.45, 7) is 2.19. The number of piperidine rings is 1. The van der Waals surface area contributed by atoms with Gasteiger partial charge in [-0.2, -0.15) is 0 Å². The molecule has 0 radical (unpaired) electrons. The van der Waals surface area contributed by atoms with Crippen molar-refractivity contribution >= 4 is 23.0 Å². The van der Waals surface area contributed by atoms with E-state index in [1.807, 2.05) is 42.5 Å². The van der Waals surface area contributed by atoms with Crippen molar-refractivity contribution in [3.05, 3.63) is 76.2 Å². The smallest absolute Gasteiger partial charge is 0.271 e. The molecule has 1 saturated carbocycles. The normalized spacial score (nSPS) is 21.1. The lowest BCUT2D eigenvalue weighted by molar-refractivity contribution is 0.102. The molecule has 8 nitrogen and oxygen atoms in total. The van der Waals surface area contributed by atoms with Crippen molar-refractivity contribution in [3.8, 4) is 0 Å². The first-order chi connectivity index (χ1) is 17.5. The molecule has 36 heavy (non-hydrogen) atoms. The highest BCUT2D eigenvalue weighted by molar-refractivity contribution is 6.04. The van der Waals surface area contributed by atoms with Gasteiger partial charge in [-0.25, -0.2) is 0 Å². The zero-order chi connectivity index (χ0) is 25.0. The molecular weight excluding hydrogens is 454 g/mol. The van der Waals surface area contributed by atoms with Crippen molar-refractivity contribution in [1.29, 1.82) is 0 Å². The number of aliphatic hydroxyl groups excluding tert-OH is 1. The van der Waals surface area contributed by atoms with Gasteiger partial charge in [0.1, 0.15) is 5.69 Å². The van der Waals surface area contributed by atoms with Gasteiger partial charge in [-0.05, 0) is 74.6 Å². The van der Waals surface area contributed by atoms with E-state index >= 15 is 0 Å². The molecule has 1 unspecified atom stereocenters. The first kappa shape index (κ1) is 24.3. The second kappa shape index (κ2) is 10.7. The van der Waals surface area contributed by atoms with E-state index in [0.29, 0.717) is 5.56 Å². The van der Waals surface area contributed by atoms with Crippen LogP contribution >= 0.6 is 0 Å². The Kier molecular flexibility index (Phi) is 7.25. The Balaban J connectivity index is 1.26. The molecule has 5 N–H and O–H groups in total. The van der Waals surface area contributed by atoms with Crippen LogP contribution in [0.15, 0.2) is 59.6 Å². The van der Waals surface area contributed by atoms with Crippen molar-refractivity contribution in [2.45, 2.75) is 56.7 Å². The third-order valence-corrected chi connectivity index (χ3v) is 7.52. The zero-order valence-corrected chi connectivity index (χ0v) is 20.6. The molecule has 8 heteroatoms. The number of carbonyl (C=O) groups is 1. The molecule has 1 aromatic carbocycles. The van der Waals surface area contributed by atoms with Crippen LogP contribution in [-0.4, -0.2) is 47.4 Å². The van der Waals surface area contributed by atoms with Gasteiger partial charge in [-0.3, -0.25) is 14.9 Å². The summed E-state index contributed by atoms with van der Waals surface area (Å²) in [5.74, 6) is -0.320. The highest BCUT2D eigenvalue weighted by Gasteiger charge is 2.34. The molecule has 1 saturated heterocycles. The van der Waals surface area contributed by atoms with Crippen LogP contribution in [0.5, 0.6) is 0 Å². The number of allylic oxidation sites excluding steroid dienone is 2. The summed E-state index contributed by atoms with van der Waals surface area (Å²) in [5.41, 5.74) is 2.78. The number of anilines is 2. The monoisotopic (exact) mass is 489 g/mol. The number of aromatic amines is 1. The number of hydrogen-bond acceptors (Lipinski definition) is 6. The van der Waals surface area contributed by atoms with E-state index in [2.05, 4.69) is 25.8 Å². The summed E-state index contributed by atoms with van der Waals surface area (Å²) < 4.78 is 0. The number of aliphatic hydroxyl groups is 1. The molecule has 3 heterocycles. The predicted molar refractivity (Wildman–Crippen MR) is 143 cm³/mol. The largest absolute Gasteiger partial charge is 0.394 e. The Labute approximate surface area is 211 Å². The van der Waals surface area contributed by atoms with Crippen molar-refractivity contribution in [2.75, 3.05) is 29.9 Å². The molecule has 1 aliphatic carbocycles. The first-order valence-electron chi connectivity index (χ1n) is 13.0.